The van der Waals surface area contributed by atoms with Crippen LogP contribution in [0.25, 0.3) is 5.57 Å². The largest absolute Gasteiger partial charge is 0.481 e. The second-order valence-electron chi connectivity index (χ2n) is 9.66. The normalized spacial score (nSPS) is 21.4. The van der Waals surface area contributed by atoms with Gasteiger partial charge in [-0.2, -0.15) is 4.99 Å². The van der Waals surface area contributed by atoms with Crippen molar-refractivity contribution >= 4 is 29.2 Å². The van der Waals surface area contributed by atoms with Gasteiger partial charge in [-0.3, -0.25) is 9.69 Å². The summed E-state index contributed by atoms with van der Waals surface area (Å²) < 4.78 is 0. The highest BCUT2D eigenvalue weighted by atomic mass is 16.4. The van der Waals surface area contributed by atoms with E-state index in [4.69, 9.17) is 5.11 Å². The average molecular weight is 492 g/mol. The molecule has 2 unspecified atom stereocenters. The maximum Gasteiger partial charge on any atom is 0.348 e. The average Bonchev–Trinajstić information content (AvgIpc) is 3.31. The van der Waals surface area contributed by atoms with Crippen molar-refractivity contribution in [3.8, 4) is 0 Å². The van der Waals surface area contributed by atoms with E-state index < -0.39 is 5.97 Å². The molecule has 0 aromatic carbocycles. The van der Waals surface area contributed by atoms with Gasteiger partial charge >= 0.3 is 12.0 Å². The summed E-state index contributed by atoms with van der Waals surface area (Å²) in [5.41, 5.74) is 4.49. The minimum Gasteiger partial charge on any atom is -0.481 e. The number of aromatic nitrogens is 2. The molecule has 0 radical (unpaired) electrons. The Kier molecular flexibility index (Phi) is 9.33. The minimum atomic E-state index is -0.762. The van der Waals surface area contributed by atoms with Gasteiger partial charge in [0.1, 0.15) is 0 Å². The number of carbonyl (C=O) groups excluding carboxylic acids is 1. The van der Waals surface area contributed by atoms with Gasteiger partial charge in [0.05, 0.1) is 5.71 Å². The summed E-state index contributed by atoms with van der Waals surface area (Å²) in [7, 11) is 0. The lowest BCUT2D eigenvalue weighted by molar-refractivity contribution is -0.137. The van der Waals surface area contributed by atoms with E-state index in [-0.39, 0.29) is 18.4 Å². The predicted octanol–water partition coefficient (Wildman–Crippen LogP) is 5.51. The van der Waals surface area contributed by atoms with E-state index in [1.54, 1.807) is 11.0 Å². The number of hydrogen-bond donors (Lipinski definition) is 1. The number of amides is 2. The molecule has 3 rings (SSSR count). The molecule has 1 aromatic rings. The molecule has 1 aromatic heterocycles. The molecule has 2 aliphatic heterocycles. The van der Waals surface area contributed by atoms with E-state index in [0.717, 1.165) is 48.2 Å². The monoisotopic (exact) mass is 491 g/mol. The number of rotatable bonds is 8. The number of carbonyl (C=O) groups is 2. The zero-order chi connectivity index (χ0) is 26.2. The first-order chi connectivity index (χ1) is 17.2. The van der Waals surface area contributed by atoms with Gasteiger partial charge in [-0.25, -0.2) is 14.8 Å². The van der Waals surface area contributed by atoms with Gasteiger partial charge in [-0.15, -0.1) is 0 Å². The number of urea groups is 1. The van der Waals surface area contributed by atoms with Gasteiger partial charge in [-0.1, -0.05) is 32.6 Å². The summed E-state index contributed by atoms with van der Waals surface area (Å²) in [6, 6.07) is -0.280. The highest BCUT2D eigenvalue weighted by Crippen LogP contribution is 2.30. The lowest BCUT2D eigenvalue weighted by Crippen LogP contribution is -2.35. The Bertz CT molecular complexity index is 1100. The van der Waals surface area contributed by atoms with Gasteiger partial charge in [0.2, 0.25) is 5.95 Å². The fraction of sp³-hybridized carbons (Fsp3) is 0.464. The van der Waals surface area contributed by atoms with Crippen molar-refractivity contribution in [2.45, 2.75) is 53.4 Å². The van der Waals surface area contributed by atoms with Crippen molar-refractivity contribution in [1.29, 1.82) is 0 Å². The molecule has 2 atom stereocenters. The third kappa shape index (κ3) is 6.99. The maximum absolute atomic E-state index is 13.0. The summed E-state index contributed by atoms with van der Waals surface area (Å²) >= 11 is 0. The molecule has 3 heterocycles. The van der Waals surface area contributed by atoms with Gasteiger partial charge in [-0.05, 0) is 68.2 Å². The van der Waals surface area contributed by atoms with Crippen LogP contribution >= 0.6 is 0 Å². The number of nitrogens with zero attached hydrogens (tertiary/aromatic N) is 5. The quantitative estimate of drug-likeness (QED) is 0.482. The first-order valence-electron chi connectivity index (χ1n) is 12.6. The molecular formula is C28H37N5O3. The molecule has 2 aliphatic rings. The van der Waals surface area contributed by atoms with Crippen LogP contribution in [-0.4, -0.2) is 57.3 Å². The summed E-state index contributed by atoms with van der Waals surface area (Å²) in [5, 5.41) is 9.03. The lowest BCUT2D eigenvalue weighted by atomic mass is 9.92. The van der Waals surface area contributed by atoms with Gasteiger partial charge < -0.3 is 10.0 Å². The number of carboxylic acids is 1. The van der Waals surface area contributed by atoms with Crippen LogP contribution in [0.1, 0.15) is 58.9 Å². The molecular weight excluding hydrogens is 454 g/mol. The molecule has 1 fully saturated rings. The summed E-state index contributed by atoms with van der Waals surface area (Å²) in [6.45, 7) is 14.0. The number of anilines is 1. The third-order valence-electron chi connectivity index (χ3n) is 6.64. The summed E-state index contributed by atoms with van der Waals surface area (Å²) in [6.07, 6.45) is 13.9. The number of allylic oxidation sites excluding steroid dienone is 7. The Morgan fingerprint density at radius 1 is 1.28 bits per heavy atom. The molecule has 1 N–H and O–H groups in total. The molecule has 0 aliphatic carbocycles. The van der Waals surface area contributed by atoms with Crippen molar-refractivity contribution in [3.05, 3.63) is 60.1 Å². The Morgan fingerprint density at radius 3 is 2.64 bits per heavy atom. The second-order valence-corrected chi connectivity index (χ2v) is 9.66. The predicted molar refractivity (Wildman–Crippen MR) is 144 cm³/mol. The van der Waals surface area contributed by atoms with E-state index >= 15 is 0 Å². The van der Waals surface area contributed by atoms with Crippen LogP contribution in [0.15, 0.2) is 59.5 Å². The molecule has 1 saturated heterocycles. The van der Waals surface area contributed by atoms with E-state index in [1.807, 2.05) is 50.2 Å². The summed E-state index contributed by atoms with van der Waals surface area (Å²) in [5.74, 6) is 0.307. The van der Waals surface area contributed by atoms with Crippen molar-refractivity contribution in [2.24, 2.45) is 16.8 Å². The molecule has 36 heavy (non-hydrogen) atoms. The van der Waals surface area contributed by atoms with Crippen LogP contribution in [0.4, 0.5) is 10.7 Å². The first kappa shape index (κ1) is 27.0. The SMILES string of the molecule is C=CC(/C=C\CC)=NC(=O)N1CC(C)CC(C=C(C)c2cnc(N3CCC(CC(=O)O)C3)nc2)=C1C. The minimum absolute atomic E-state index is 0.135. The van der Waals surface area contributed by atoms with Crippen LogP contribution < -0.4 is 4.90 Å². The first-order valence-corrected chi connectivity index (χ1v) is 12.6. The Balaban J connectivity index is 1.77. The van der Waals surface area contributed by atoms with Crippen molar-refractivity contribution in [3.63, 3.8) is 0 Å². The van der Waals surface area contributed by atoms with Crippen molar-refractivity contribution < 1.29 is 14.7 Å². The molecule has 0 spiro atoms. The molecule has 0 bridgehead atoms. The fourth-order valence-electron chi connectivity index (χ4n) is 4.62. The van der Waals surface area contributed by atoms with Gasteiger partial charge in [0, 0.05) is 49.7 Å². The van der Waals surface area contributed by atoms with E-state index in [9.17, 15) is 9.59 Å². The number of carboxylic acid groups (broad SMARTS) is 1. The standard InChI is InChI=1S/C28H37N5O3/c1-6-8-9-25(7-2)31-28(36)33-17-19(3)12-23(21(33)5)13-20(4)24-15-29-27(30-16-24)32-11-10-22(18-32)14-26(34)35/h7-9,13,15-16,19,22H,2,6,10-12,14,17-18H2,1,3-5H3,(H,34,35)/b9-8-,20-13?,31-25?. The zero-order valence-corrected chi connectivity index (χ0v) is 21.8. The smallest absolute Gasteiger partial charge is 0.348 e. The molecule has 8 heteroatoms. The Morgan fingerprint density at radius 2 is 2.00 bits per heavy atom. The Labute approximate surface area is 213 Å². The van der Waals surface area contributed by atoms with Crippen LogP contribution in [0.5, 0.6) is 0 Å². The fourth-order valence-corrected chi connectivity index (χ4v) is 4.62. The highest BCUT2D eigenvalue weighted by Gasteiger charge is 2.27. The lowest BCUT2D eigenvalue weighted by Gasteiger charge is -2.32. The van der Waals surface area contributed by atoms with Gasteiger partial charge in [0.15, 0.2) is 0 Å². The molecule has 2 amide bonds. The van der Waals surface area contributed by atoms with Crippen LogP contribution in [0.3, 0.4) is 0 Å². The van der Waals surface area contributed by atoms with Crippen LogP contribution in [0, 0.1) is 11.8 Å². The van der Waals surface area contributed by atoms with Crippen LogP contribution in [-0.2, 0) is 4.79 Å². The highest BCUT2D eigenvalue weighted by molar-refractivity contribution is 6.08. The second kappa shape index (κ2) is 12.4. The van der Waals surface area contributed by atoms with E-state index in [2.05, 4.69) is 34.5 Å². The van der Waals surface area contributed by atoms with Crippen molar-refractivity contribution in [2.75, 3.05) is 24.5 Å². The van der Waals surface area contributed by atoms with E-state index in [0.29, 0.717) is 30.7 Å². The van der Waals surface area contributed by atoms with Crippen LogP contribution in [0.2, 0.25) is 0 Å². The summed E-state index contributed by atoms with van der Waals surface area (Å²) in [4.78, 5) is 41.1. The molecule has 8 nitrogen and oxygen atoms in total. The number of aliphatic carboxylic acids is 1. The number of hydrogen-bond acceptors (Lipinski definition) is 5. The number of aliphatic imine (C=N–C) groups is 1. The topological polar surface area (TPSA) is 99.0 Å². The Hall–Kier alpha value is -3.55. The molecule has 0 saturated carbocycles. The van der Waals surface area contributed by atoms with Gasteiger partial charge in [0.25, 0.3) is 0 Å². The third-order valence-corrected chi connectivity index (χ3v) is 6.64. The van der Waals surface area contributed by atoms with E-state index in [1.165, 1.54) is 0 Å². The molecule has 192 valence electrons. The maximum atomic E-state index is 13.0. The van der Waals surface area contributed by atoms with Crippen molar-refractivity contribution in [1.82, 2.24) is 14.9 Å². The zero-order valence-electron chi connectivity index (χ0n) is 21.8.